The van der Waals surface area contributed by atoms with Crippen LogP contribution >= 0.6 is 0 Å². The van der Waals surface area contributed by atoms with Crippen LogP contribution in [0, 0.1) is 0 Å². The molecule has 2 rings (SSSR count). The van der Waals surface area contributed by atoms with Gasteiger partial charge >= 0.3 is 5.97 Å². The third-order valence-corrected chi connectivity index (χ3v) is 2.42. The van der Waals surface area contributed by atoms with Gasteiger partial charge in [0.1, 0.15) is 12.4 Å². The first kappa shape index (κ1) is 12.2. The highest BCUT2D eigenvalue weighted by atomic mass is 16.5. The normalized spacial score (nSPS) is 18.7. The van der Waals surface area contributed by atoms with Crippen molar-refractivity contribution in [3.05, 3.63) is 24.3 Å². The molecule has 0 saturated heterocycles. The maximum atomic E-state index is 11.4. The number of rotatable bonds is 3. The number of cyclic esters (lactones) is 1. The predicted octanol–water partition coefficient (Wildman–Crippen LogP) is 0.955. The molecule has 1 aliphatic heterocycles. The first-order chi connectivity index (χ1) is 8.70. The third kappa shape index (κ3) is 2.71. The van der Waals surface area contributed by atoms with E-state index in [-0.39, 0.29) is 11.9 Å². The lowest BCUT2D eigenvalue weighted by Gasteiger charge is -2.19. The van der Waals surface area contributed by atoms with E-state index in [0.29, 0.717) is 18.0 Å². The Balaban J connectivity index is 2.05. The molecule has 1 heterocycles. The number of carbonyl (C=O) groups excluding carboxylic acids is 1. The van der Waals surface area contributed by atoms with E-state index in [1.54, 1.807) is 7.11 Å². The van der Waals surface area contributed by atoms with Crippen molar-refractivity contribution in [1.82, 2.24) is 5.43 Å². The van der Waals surface area contributed by atoms with E-state index in [0.717, 1.165) is 0 Å². The molecular formula is C12H15N3O3. The van der Waals surface area contributed by atoms with Crippen LogP contribution in [-0.2, 0) is 9.53 Å². The SMILES string of the molecule is COc1ccccc1NNC1=N[C@H](C)COC1=O. The molecule has 1 aliphatic rings. The lowest BCUT2D eigenvalue weighted by atomic mass is 10.3. The second-order valence-corrected chi connectivity index (χ2v) is 3.88. The fourth-order valence-corrected chi connectivity index (χ4v) is 1.53. The van der Waals surface area contributed by atoms with Crippen LogP contribution in [0.4, 0.5) is 5.69 Å². The number of aliphatic imine (C=N–C) groups is 1. The number of ether oxygens (including phenoxy) is 2. The number of carbonyl (C=O) groups is 1. The van der Waals surface area contributed by atoms with Crippen molar-refractivity contribution in [3.63, 3.8) is 0 Å². The number of hydrogen-bond donors (Lipinski definition) is 2. The van der Waals surface area contributed by atoms with E-state index in [4.69, 9.17) is 9.47 Å². The highest BCUT2D eigenvalue weighted by Crippen LogP contribution is 2.21. The van der Waals surface area contributed by atoms with Crippen molar-refractivity contribution in [3.8, 4) is 5.75 Å². The largest absolute Gasteiger partial charge is 0.495 e. The zero-order valence-electron chi connectivity index (χ0n) is 10.3. The van der Waals surface area contributed by atoms with Crippen molar-refractivity contribution >= 4 is 17.5 Å². The van der Waals surface area contributed by atoms with Gasteiger partial charge in [-0.05, 0) is 19.1 Å². The van der Waals surface area contributed by atoms with Crippen LogP contribution in [0.1, 0.15) is 6.92 Å². The quantitative estimate of drug-likeness (QED) is 0.616. The molecule has 0 spiro atoms. The molecule has 1 atom stereocenters. The Morgan fingerprint density at radius 1 is 1.39 bits per heavy atom. The number of para-hydroxylation sites is 2. The molecule has 0 saturated carbocycles. The van der Waals surface area contributed by atoms with Crippen molar-refractivity contribution in [2.45, 2.75) is 13.0 Å². The summed E-state index contributed by atoms with van der Waals surface area (Å²) in [5.74, 6) is 0.373. The van der Waals surface area contributed by atoms with E-state index >= 15 is 0 Å². The van der Waals surface area contributed by atoms with Crippen molar-refractivity contribution in [2.24, 2.45) is 4.99 Å². The molecule has 0 unspecified atom stereocenters. The third-order valence-electron chi connectivity index (χ3n) is 2.42. The van der Waals surface area contributed by atoms with Gasteiger partial charge in [-0.15, -0.1) is 0 Å². The molecule has 1 aromatic carbocycles. The Morgan fingerprint density at radius 2 is 2.17 bits per heavy atom. The molecule has 0 radical (unpaired) electrons. The first-order valence-corrected chi connectivity index (χ1v) is 5.60. The van der Waals surface area contributed by atoms with Crippen LogP contribution in [0.15, 0.2) is 29.3 Å². The summed E-state index contributed by atoms with van der Waals surface area (Å²) in [4.78, 5) is 15.6. The summed E-state index contributed by atoms with van der Waals surface area (Å²) in [6, 6.07) is 7.32. The minimum Gasteiger partial charge on any atom is -0.495 e. The van der Waals surface area contributed by atoms with Gasteiger partial charge < -0.3 is 9.47 Å². The Hall–Kier alpha value is -2.24. The van der Waals surface area contributed by atoms with Gasteiger partial charge in [-0.1, -0.05) is 12.1 Å². The van der Waals surface area contributed by atoms with E-state index in [1.165, 1.54) is 0 Å². The average molecular weight is 249 g/mol. The molecule has 0 fully saturated rings. The van der Waals surface area contributed by atoms with Gasteiger partial charge in [-0.25, -0.2) is 4.79 Å². The number of methoxy groups -OCH3 is 1. The van der Waals surface area contributed by atoms with Gasteiger partial charge in [0.2, 0.25) is 5.84 Å². The molecular weight excluding hydrogens is 234 g/mol. The molecule has 0 amide bonds. The smallest absolute Gasteiger partial charge is 0.375 e. The van der Waals surface area contributed by atoms with Gasteiger partial charge in [0, 0.05) is 0 Å². The lowest BCUT2D eigenvalue weighted by Crippen LogP contribution is -2.41. The Morgan fingerprint density at radius 3 is 2.94 bits per heavy atom. The summed E-state index contributed by atoms with van der Waals surface area (Å²) in [7, 11) is 1.58. The van der Waals surface area contributed by atoms with E-state index in [1.807, 2.05) is 31.2 Å². The van der Waals surface area contributed by atoms with Gasteiger partial charge in [0.25, 0.3) is 0 Å². The van der Waals surface area contributed by atoms with Gasteiger partial charge in [-0.3, -0.25) is 15.8 Å². The minimum absolute atomic E-state index is 0.0373. The standard InChI is InChI=1S/C12H15N3O3/c1-8-7-18-12(16)11(13-8)15-14-9-5-3-4-6-10(9)17-2/h3-6,8,14H,7H2,1-2H3,(H,13,15)/t8-/m1/s1. The maximum absolute atomic E-state index is 11.4. The Labute approximate surface area is 105 Å². The monoisotopic (exact) mass is 249 g/mol. The maximum Gasteiger partial charge on any atom is 0.375 e. The Bertz CT molecular complexity index is 473. The van der Waals surface area contributed by atoms with Crippen molar-refractivity contribution in [2.75, 3.05) is 19.1 Å². The van der Waals surface area contributed by atoms with Crippen LogP contribution < -0.4 is 15.6 Å². The molecule has 0 aromatic heterocycles. The first-order valence-electron chi connectivity index (χ1n) is 5.60. The van der Waals surface area contributed by atoms with Gasteiger partial charge in [0.05, 0.1) is 18.8 Å². The number of hydrogen-bond acceptors (Lipinski definition) is 6. The summed E-state index contributed by atoms with van der Waals surface area (Å²) < 4.78 is 10.1. The Kier molecular flexibility index (Phi) is 3.66. The summed E-state index contributed by atoms with van der Waals surface area (Å²) in [5.41, 5.74) is 6.33. The zero-order chi connectivity index (χ0) is 13.0. The summed E-state index contributed by atoms with van der Waals surface area (Å²) in [6.45, 7) is 2.19. The second kappa shape index (κ2) is 5.39. The van der Waals surface area contributed by atoms with Crippen molar-refractivity contribution in [1.29, 1.82) is 0 Å². The fourth-order valence-electron chi connectivity index (χ4n) is 1.53. The van der Waals surface area contributed by atoms with Crippen LogP contribution in [0.3, 0.4) is 0 Å². The fraction of sp³-hybridized carbons (Fsp3) is 0.333. The van der Waals surface area contributed by atoms with Crippen LogP contribution in [-0.4, -0.2) is 31.6 Å². The molecule has 96 valence electrons. The van der Waals surface area contributed by atoms with Crippen molar-refractivity contribution < 1.29 is 14.3 Å². The highest BCUT2D eigenvalue weighted by molar-refractivity contribution is 6.35. The molecule has 2 N–H and O–H groups in total. The number of amidine groups is 1. The second-order valence-electron chi connectivity index (χ2n) is 3.88. The predicted molar refractivity (Wildman–Crippen MR) is 67.6 cm³/mol. The molecule has 6 nitrogen and oxygen atoms in total. The van der Waals surface area contributed by atoms with E-state index in [9.17, 15) is 4.79 Å². The number of anilines is 1. The topological polar surface area (TPSA) is 71.9 Å². The summed E-state index contributed by atoms with van der Waals surface area (Å²) in [5, 5.41) is 0. The highest BCUT2D eigenvalue weighted by Gasteiger charge is 2.20. The summed E-state index contributed by atoms with van der Waals surface area (Å²) >= 11 is 0. The van der Waals surface area contributed by atoms with E-state index < -0.39 is 5.97 Å². The molecule has 1 aromatic rings. The number of nitrogens with zero attached hydrogens (tertiary/aromatic N) is 1. The van der Waals surface area contributed by atoms with Crippen LogP contribution in [0.25, 0.3) is 0 Å². The minimum atomic E-state index is -0.463. The van der Waals surface area contributed by atoms with Gasteiger partial charge in [0.15, 0.2) is 0 Å². The van der Waals surface area contributed by atoms with Crippen LogP contribution in [0.2, 0.25) is 0 Å². The molecule has 18 heavy (non-hydrogen) atoms. The molecule has 0 aliphatic carbocycles. The van der Waals surface area contributed by atoms with E-state index in [2.05, 4.69) is 15.8 Å². The number of esters is 1. The molecule has 6 heteroatoms. The average Bonchev–Trinajstić information content (AvgIpc) is 2.40. The zero-order valence-corrected chi connectivity index (χ0v) is 10.3. The lowest BCUT2D eigenvalue weighted by molar-refractivity contribution is -0.137. The molecule has 0 bridgehead atoms. The van der Waals surface area contributed by atoms with Crippen LogP contribution in [0.5, 0.6) is 5.75 Å². The van der Waals surface area contributed by atoms with Gasteiger partial charge in [-0.2, -0.15) is 0 Å². The number of benzene rings is 1. The number of nitrogens with one attached hydrogen (secondary N) is 2. The number of hydrazine groups is 1. The summed E-state index contributed by atoms with van der Waals surface area (Å²) in [6.07, 6.45) is 0.